The smallest absolute Gasteiger partial charge is 0.411 e. The van der Waals surface area contributed by atoms with Crippen LogP contribution in [-0.4, -0.2) is 39.8 Å². The van der Waals surface area contributed by atoms with Crippen molar-refractivity contribution >= 4 is 12.1 Å². The molecule has 2 rings (SSSR count). The molecule has 1 atom stereocenters. The predicted octanol–water partition coefficient (Wildman–Crippen LogP) is 2.69. The third kappa shape index (κ3) is 3.17. The summed E-state index contributed by atoms with van der Waals surface area (Å²) in [7, 11) is 0. The molecule has 1 aliphatic rings. The first kappa shape index (κ1) is 15.4. The highest BCUT2D eigenvalue weighted by Crippen LogP contribution is 2.35. The lowest BCUT2D eigenvalue weighted by Gasteiger charge is -2.49. The fourth-order valence-corrected chi connectivity index (χ4v) is 2.49. The number of hydrogen-bond donors (Lipinski definition) is 1. The Balaban J connectivity index is 2.19. The van der Waals surface area contributed by atoms with Gasteiger partial charge in [-0.15, -0.1) is 0 Å². The third-order valence-electron chi connectivity index (χ3n) is 3.62. The van der Waals surface area contributed by atoms with Crippen LogP contribution in [-0.2, 0) is 16.0 Å². The molecule has 1 heterocycles. The van der Waals surface area contributed by atoms with E-state index < -0.39 is 23.2 Å². The van der Waals surface area contributed by atoms with E-state index in [4.69, 9.17) is 4.74 Å². The Bertz CT molecular complexity index is 535. The Morgan fingerprint density at radius 3 is 2.33 bits per heavy atom. The first-order valence-corrected chi connectivity index (χ1v) is 7.02. The first-order chi connectivity index (χ1) is 9.74. The van der Waals surface area contributed by atoms with Crippen LogP contribution >= 0.6 is 0 Å². The van der Waals surface area contributed by atoms with Crippen molar-refractivity contribution in [2.45, 2.75) is 44.8 Å². The molecule has 0 bridgehead atoms. The molecule has 1 fully saturated rings. The van der Waals surface area contributed by atoms with Crippen molar-refractivity contribution in [2.24, 2.45) is 0 Å². The summed E-state index contributed by atoms with van der Waals surface area (Å²) in [5.41, 5.74) is -0.930. The summed E-state index contributed by atoms with van der Waals surface area (Å²) in [5.74, 6) is -0.983. The highest BCUT2D eigenvalue weighted by atomic mass is 16.6. The molecule has 0 saturated carbocycles. The van der Waals surface area contributed by atoms with Gasteiger partial charge in [-0.25, -0.2) is 9.59 Å². The molecule has 5 heteroatoms. The SMILES string of the molecule is CC(C)(C)OC(=O)N1CCC1(Cc1ccccc1)C(=O)O. The maximum Gasteiger partial charge on any atom is 0.411 e. The van der Waals surface area contributed by atoms with Crippen molar-refractivity contribution in [3.8, 4) is 0 Å². The van der Waals surface area contributed by atoms with Gasteiger partial charge < -0.3 is 9.84 Å². The Hall–Kier alpha value is -2.04. The summed E-state index contributed by atoms with van der Waals surface area (Å²) in [4.78, 5) is 25.3. The van der Waals surface area contributed by atoms with Crippen molar-refractivity contribution in [2.75, 3.05) is 6.54 Å². The largest absolute Gasteiger partial charge is 0.479 e. The van der Waals surface area contributed by atoms with Crippen LogP contribution in [0.5, 0.6) is 0 Å². The highest BCUT2D eigenvalue weighted by Gasteiger charge is 2.54. The van der Waals surface area contributed by atoms with Crippen LogP contribution in [0.4, 0.5) is 4.79 Å². The van der Waals surface area contributed by atoms with Gasteiger partial charge >= 0.3 is 12.1 Å². The number of benzene rings is 1. The van der Waals surface area contributed by atoms with E-state index >= 15 is 0 Å². The molecule has 1 unspecified atom stereocenters. The van der Waals surface area contributed by atoms with Gasteiger partial charge in [-0.3, -0.25) is 4.90 Å². The number of amides is 1. The minimum Gasteiger partial charge on any atom is -0.479 e. The summed E-state index contributed by atoms with van der Waals surface area (Å²) in [5, 5.41) is 9.61. The van der Waals surface area contributed by atoms with Gasteiger partial charge in [0.2, 0.25) is 0 Å². The summed E-state index contributed by atoms with van der Waals surface area (Å²) >= 11 is 0. The summed E-state index contributed by atoms with van der Waals surface area (Å²) < 4.78 is 5.31. The van der Waals surface area contributed by atoms with Crippen molar-refractivity contribution in [1.29, 1.82) is 0 Å². The lowest BCUT2D eigenvalue weighted by Crippen LogP contribution is -2.68. The molecule has 1 saturated heterocycles. The number of carbonyl (C=O) groups is 2. The molecule has 1 aromatic carbocycles. The minimum absolute atomic E-state index is 0.294. The number of likely N-dealkylation sites (tertiary alicyclic amines) is 1. The van der Waals surface area contributed by atoms with E-state index in [0.29, 0.717) is 19.4 Å². The molecular weight excluding hydrogens is 270 g/mol. The van der Waals surface area contributed by atoms with E-state index in [1.807, 2.05) is 30.3 Å². The van der Waals surface area contributed by atoms with Crippen molar-refractivity contribution < 1.29 is 19.4 Å². The van der Waals surface area contributed by atoms with Crippen LogP contribution in [0.3, 0.4) is 0 Å². The molecule has 1 amide bonds. The van der Waals surface area contributed by atoms with Crippen molar-refractivity contribution in [3.63, 3.8) is 0 Å². The zero-order valence-electron chi connectivity index (χ0n) is 12.6. The van der Waals surface area contributed by atoms with Crippen LogP contribution in [0.15, 0.2) is 30.3 Å². The summed E-state index contributed by atoms with van der Waals surface area (Å²) in [6, 6.07) is 9.35. The van der Waals surface area contributed by atoms with Crippen LogP contribution in [0.25, 0.3) is 0 Å². The molecule has 0 spiro atoms. The normalized spacial score (nSPS) is 21.6. The molecule has 114 valence electrons. The quantitative estimate of drug-likeness (QED) is 0.929. The average molecular weight is 291 g/mol. The standard InChI is InChI=1S/C16H21NO4/c1-15(2,3)21-14(20)17-10-9-16(17,13(18)19)11-12-7-5-4-6-8-12/h4-8H,9-11H2,1-3H3,(H,18,19). The van der Waals surface area contributed by atoms with Gasteiger partial charge in [0.25, 0.3) is 0 Å². The van der Waals surface area contributed by atoms with Crippen molar-refractivity contribution in [3.05, 3.63) is 35.9 Å². The van der Waals surface area contributed by atoms with E-state index in [9.17, 15) is 14.7 Å². The van der Waals surface area contributed by atoms with Gasteiger partial charge in [-0.05, 0) is 32.8 Å². The van der Waals surface area contributed by atoms with Gasteiger partial charge in [0, 0.05) is 13.0 Å². The third-order valence-corrected chi connectivity index (χ3v) is 3.62. The summed E-state index contributed by atoms with van der Waals surface area (Å²) in [6.45, 7) is 5.72. The minimum atomic E-state index is -1.19. The van der Waals surface area contributed by atoms with E-state index in [1.54, 1.807) is 20.8 Å². The van der Waals surface area contributed by atoms with Crippen LogP contribution < -0.4 is 0 Å². The molecular formula is C16H21NO4. The number of rotatable bonds is 3. The number of carboxylic acids is 1. The molecule has 1 N–H and O–H groups in total. The number of hydrogen-bond acceptors (Lipinski definition) is 3. The second kappa shape index (κ2) is 5.39. The zero-order chi connectivity index (χ0) is 15.7. The maximum atomic E-state index is 12.2. The van der Waals surface area contributed by atoms with Crippen LogP contribution in [0.1, 0.15) is 32.8 Å². The fraction of sp³-hybridized carbons (Fsp3) is 0.500. The topological polar surface area (TPSA) is 66.8 Å². The van der Waals surface area contributed by atoms with Crippen LogP contribution in [0.2, 0.25) is 0 Å². The van der Waals surface area contributed by atoms with E-state index in [1.165, 1.54) is 4.90 Å². The van der Waals surface area contributed by atoms with Gasteiger partial charge in [0.15, 0.2) is 0 Å². The van der Waals surface area contributed by atoms with Crippen molar-refractivity contribution in [1.82, 2.24) is 4.90 Å². The maximum absolute atomic E-state index is 12.2. The Kier molecular flexibility index (Phi) is 3.94. The molecule has 5 nitrogen and oxygen atoms in total. The van der Waals surface area contributed by atoms with Gasteiger partial charge in [0.1, 0.15) is 11.1 Å². The monoisotopic (exact) mass is 291 g/mol. The lowest BCUT2D eigenvalue weighted by molar-refractivity contribution is -0.160. The number of carboxylic acid groups (broad SMARTS) is 1. The Morgan fingerprint density at radius 2 is 1.90 bits per heavy atom. The predicted molar refractivity (Wildman–Crippen MR) is 78.1 cm³/mol. The number of ether oxygens (including phenoxy) is 1. The summed E-state index contributed by atoms with van der Waals surface area (Å²) in [6.07, 6.45) is 0.172. The Morgan fingerprint density at radius 1 is 1.29 bits per heavy atom. The van der Waals surface area contributed by atoms with Gasteiger partial charge in [0.05, 0.1) is 0 Å². The van der Waals surface area contributed by atoms with Crippen LogP contribution in [0, 0.1) is 0 Å². The van der Waals surface area contributed by atoms with E-state index in [2.05, 4.69) is 0 Å². The molecule has 0 radical (unpaired) electrons. The fourth-order valence-electron chi connectivity index (χ4n) is 2.49. The molecule has 1 aliphatic heterocycles. The zero-order valence-corrected chi connectivity index (χ0v) is 12.6. The van der Waals surface area contributed by atoms with Gasteiger partial charge in [-0.1, -0.05) is 30.3 Å². The Labute approximate surface area is 124 Å². The van der Waals surface area contributed by atoms with E-state index in [0.717, 1.165) is 5.56 Å². The molecule has 0 aromatic heterocycles. The number of aliphatic carboxylic acids is 1. The average Bonchev–Trinajstić information content (AvgIpc) is 2.32. The second-order valence-electron chi connectivity index (χ2n) is 6.38. The van der Waals surface area contributed by atoms with E-state index in [-0.39, 0.29) is 0 Å². The number of carbonyl (C=O) groups excluding carboxylic acids is 1. The highest BCUT2D eigenvalue weighted by molar-refractivity contribution is 5.87. The number of nitrogens with zero attached hydrogens (tertiary/aromatic N) is 1. The van der Waals surface area contributed by atoms with Gasteiger partial charge in [-0.2, -0.15) is 0 Å². The molecule has 1 aromatic rings. The second-order valence-corrected chi connectivity index (χ2v) is 6.38. The molecule has 21 heavy (non-hydrogen) atoms. The first-order valence-electron chi connectivity index (χ1n) is 7.02. The molecule has 0 aliphatic carbocycles. The lowest BCUT2D eigenvalue weighted by atomic mass is 9.79.